The predicted molar refractivity (Wildman–Crippen MR) is 84.6 cm³/mol. The van der Waals surface area contributed by atoms with Gasteiger partial charge in [-0.15, -0.1) is 11.3 Å². The van der Waals surface area contributed by atoms with Gasteiger partial charge in [0, 0.05) is 10.9 Å². The zero-order valence-corrected chi connectivity index (χ0v) is 13.1. The summed E-state index contributed by atoms with van der Waals surface area (Å²) in [5.74, 6) is 0. The van der Waals surface area contributed by atoms with Crippen LogP contribution in [0.15, 0.2) is 24.3 Å². The standard InChI is InChI=1S/C16H19N3OS/c1-10-11(2)21-15(18-10)9-17-16(20)19-14-7-12-5-3-4-6-13(12)8-14/h3-6,14H,7-9H2,1-2H3,(H2,17,19,20). The van der Waals surface area contributed by atoms with Crippen LogP contribution in [-0.4, -0.2) is 17.1 Å². The molecule has 0 saturated heterocycles. The molecule has 1 aliphatic carbocycles. The molecule has 0 radical (unpaired) electrons. The largest absolute Gasteiger partial charge is 0.335 e. The summed E-state index contributed by atoms with van der Waals surface area (Å²) in [6.07, 6.45) is 1.83. The highest BCUT2D eigenvalue weighted by Gasteiger charge is 2.22. The molecule has 0 saturated carbocycles. The average Bonchev–Trinajstić information content (AvgIpc) is 3.00. The van der Waals surface area contributed by atoms with E-state index >= 15 is 0 Å². The Hall–Kier alpha value is -1.88. The Morgan fingerprint density at radius 1 is 1.29 bits per heavy atom. The van der Waals surface area contributed by atoms with Crippen LogP contribution < -0.4 is 10.6 Å². The summed E-state index contributed by atoms with van der Waals surface area (Å²) in [5, 5.41) is 6.89. The fraction of sp³-hybridized carbons (Fsp3) is 0.375. The third kappa shape index (κ3) is 3.24. The molecule has 2 N–H and O–H groups in total. The van der Waals surface area contributed by atoms with Crippen molar-refractivity contribution in [2.24, 2.45) is 0 Å². The van der Waals surface area contributed by atoms with Gasteiger partial charge in [0.05, 0.1) is 12.2 Å². The van der Waals surface area contributed by atoms with Gasteiger partial charge in [0.2, 0.25) is 0 Å². The highest BCUT2D eigenvalue weighted by molar-refractivity contribution is 7.11. The lowest BCUT2D eigenvalue weighted by atomic mass is 10.1. The number of aryl methyl sites for hydroxylation is 2. The summed E-state index contributed by atoms with van der Waals surface area (Å²) in [5.41, 5.74) is 3.73. The SMILES string of the molecule is Cc1nc(CNC(=O)NC2Cc3ccccc3C2)sc1C. The van der Waals surface area contributed by atoms with Crippen molar-refractivity contribution in [1.29, 1.82) is 0 Å². The van der Waals surface area contributed by atoms with Crippen LogP contribution >= 0.6 is 11.3 Å². The molecule has 0 atom stereocenters. The van der Waals surface area contributed by atoms with Gasteiger partial charge in [-0.2, -0.15) is 0 Å². The number of benzene rings is 1. The quantitative estimate of drug-likeness (QED) is 0.916. The van der Waals surface area contributed by atoms with Crippen molar-refractivity contribution in [1.82, 2.24) is 15.6 Å². The van der Waals surface area contributed by atoms with Gasteiger partial charge >= 0.3 is 6.03 Å². The van der Waals surface area contributed by atoms with Crippen LogP contribution in [0.2, 0.25) is 0 Å². The molecule has 1 aromatic carbocycles. The highest BCUT2D eigenvalue weighted by Crippen LogP contribution is 2.21. The maximum absolute atomic E-state index is 12.0. The molecule has 5 heteroatoms. The number of rotatable bonds is 3. The van der Waals surface area contributed by atoms with Crippen LogP contribution in [0.5, 0.6) is 0 Å². The first-order chi connectivity index (χ1) is 10.1. The van der Waals surface area contributed by atoms with E-state index in [9.17, 15) is 4.79 Å². The zero-order chi connectivity index (χ0) is 14.8. The highest BCUT2D eigenvalue weighted by atomic mass is 32.1. The number of hydrogen-bond donors (Lipinski definition) is 2. The van der Waals surface area contributed by atoms with Crippen molar-refractivity contribution in [3.63, 3.8) is 0 Å². The molecule has 1 aromatic heterocycles. The number of nitrogens with one attached hydrogen (secondary N) is 2. The van der Waals surface area contributed by atoms with Crippen molar-refractivity contribution in [3.8, 4) is 0 Å². The third-order valence-electron chi connectivity index (χ3n) is 3.86. The number of carbonyl (C=O) groups excluding carboxylic acids is 1. The monoisotopic (exact) mass is 301 g/mol. The van der Waals surface area contributed by atoms with Gasteiger partial charge in [-0.3, -0.25) is 0 Å². The molecule has 110 valence electrons. The lowest BCUT2D eigenvalue weighted by molar-refractivity contribution is 0.237. The second-order valence-corrected chi connectivity index (χ2v) is 6.74. The summed E-state index contributed by atoms with van der Waals surface area (Å²) in [6.45, 7) is 4.53. The summed E-state index contributed by atoms with van der Waals surface area (Å²) >= 11 is 1.64. The molecule has 3 rings (SSSR count). The Balaban J connectivity index is 1.49. The fourth-order valence-corrected chi connectivity index (χ4v) is 3.54. The second kappa shape index (κ2) is 5.85. The molecule has 0 aliphatic heterocycles. The number of nitrogens with zero attached hydrogens (tertiary/aromatic N) is 1. The minimum atomic E-state index is -0.113. The maximum Gasteiger partial charge on any atom is 0.315 e. The van der Waals surface area contributed by atoms with E-state index < -0.39 is 0 Å². The topological polar surface area (TPSA) is 54.0 Å². The molecule has 2 aromatic rings. The number of hydrogen-bond acceptors (Lipinski definition) is 3. The summed E-state index contributed by atoms with van der Waals surface area (Å²) < 4.78 is 0. The van der Waals surface area contributed by atoms with Gasteiger partial charge in [0.25, 0.3) is 0 Å². The van der Waals surface area contributed by atoms with Gasteiger partial charge in [0.15, 0.2) is 0 Å². The lowest BCUT2D eigenvalue weighted by Crippen LogP contribution is -2.42. The van der Waals surface area contributed by atoms with E-state index in [4.69, 9.17) is 0 Å². The van der Waals surface area contributed by atoms with Crippen LogP contribution in [0.3, 0.4) is 0 Å². The van der Waals surface area contributed by atoms with Crippen LogP contribution in [0.1, 0.15) is 26.7 Å². The van der Waals surface area contributed by atoms with E-state index in [0.29, 0.717) is 6.54 Å². The summed E-state index contributed by atoms with van der Waals surface area (Å²) in [7, 11) is 0. The zero-order valence-electron chi connectivity index (χ0n) is 12.3. The van der Waals surface area contributed by atoms with Crippen LogP contribution in [-0.2, 0) is 19.4 Å². The number of carbonyl (C=O) groups is 1. The van der Waals surface area contributed by atoms with Crippen molar-refractivity contribution < 1.29 is 4.79 Å². The molecule has 0 unspecified atom stereocenters. The number of thiazole rings is 1. The smallest absolute Gasteiger partial charge is 0.315 e. The Morgan fingerprint density at radius 3 is 2.52 bits per heavy atom. The number of amides is 2. The van der Waals surface area contributed by atoms with Gasteiger partial charge in [0.1, 0.15) is 5.01 Å². The molecule has 21 heavy (non-hydrogen) atoms. The first-order valence-corrected chi connectivity index (χ1v) is 7.97. The van der Waals surface area contributed by atoms with Crippen LogP contribution in [0, 0.1) is 13.8 Å². The van der Waals surface area contributed by atoms with Gasteiger partial charge < -0.3 is 10.6 Å². The molecular formula is C16H19N3OS. The van der Waals surface area contributed by atoms with Crippen LogP contribution in [0.4, 0.5) is 4.79 Å². The lowest BCUT2D eigenvalue weighted by Gasteiger charge is -2.12. The van der Waals surface area contributed by atoms with E-state index in [1.807, 2.05) is 13.8 Å². The molecular weight excluding hydrogens is 282 g/mol. The number of aromatic nitrogens is 1. The molecule has 1 aliphatic rings. The van der Waals surface area contributed by atoms with E-state index in [0.717, 1.165) is 23.5 Å². The summed E-state index contributed by atoms with van der Waals surface area (Å²) in [4.78, 5) is 17.6. The van der Waals surface area contributed by atoms with Crippen molar-refractivity contribution in [3.05, 3.63) is 51.0 Å². The Kier molecular flexibility index (Phi) is 3.92. The minimum absolute atomic E-state index is 0.113. The number of urea groups is 1. The molecule has 0 fully saturated rings. The second-order valence-electron chi connectivity index (χ2n) is 5.45. The maximum atomic E-state index is 12.0. The molecule has 0 spiro atoms. The van der Waals surface area contributed by atoms with Crippen molar-refractivity contribution >= 4 is 17.4 Å². The van der Waals surface area contributed by atoms with Gasteiger partial charge in [-0.1, -0.05) is 24.3 Å². The van der Waals surface area contributed by atoms with Gasteiger partial charge in [-0.05, 0) is 37.8 Å². The number of fused-ring (bicyclic) bond motifs is 1. The first kappa shape index (κ1) is 14.1. The van der Waals surface area contributed by atoms with E-state index in [-0.39, 0.29) is 12.1 Å². The normalized spacial score (nSPS) is 14.0. The van der Waals surface area contributed by atoms with Gasteiger partial charge in [-0.25, -0.2) is 9.78 Å². The predicted octanol–water partition coefficient (Wildman–Crippen LogP) is 2.73. The van der Waals surface area contributed by atoms with Crippen molar-refractivity contribution in [2.75, 3.05) is 0 Å². The Bertz CT molecular complexity index is 621. The third-order valence-corrected chi connectivity index (χ3v) is 4.93. The minimum Gasteiger partial charge on any atom is -0.335 e. The molecule has 4 nitrogen and oxygen atoms in total. The Labute approximate surface area is 128 Å². The Morgan fingerprint density at radius 2 is 1.95 bits per heavy atom. The molecule has 0 bridgehead atoms. The molecule has 2 amide bonds. The first-order valence-electron chi connectivity index (χ1n) is 7.16. The fourth-order valence-electron chi connectivity index (χ4n) is 2.67. The average molecular weight is 301 g/mol. The van der Waals surface area contributed by atoms with Crippen molar-refractivity contribution in [2.45, 2.75) is 39.3 Å². The molecule has 1 heterocycles. The van der Waals surface area contributed by atoms with Crippen LogP contribution in [0.25, 0.3) is 0 Å². The van der Waals surface area contributed by atoms with E-state index in [1.165, 1.54) is 16.0 Å². The summed E-state index contributed by atoms with van der Waals surface area (Å²) in [6, 6.07) is 8.45. The van der Waals surface area contributed by atoms with E-state index in [1.54, 1.807) is 11.3 Å². The van der Waals surface area contributed by atoms with E-state index in [2.05, 4.69) is 39.9 Å².